The molecular formula is C20H24N3OS+. The van der Waals surface area contributed by atoms with Crippen molar-refractivity contribution in [2.45, 2.75) is 45.1 Å². The standard InChI is InChI=1S/C20H23N3OS/c1-14(15-7-3-2-4-8-15)22-12-11-19(24)23-20-17(13-21)16-9-5-6-10-18(16)25-20/h2-4,7-8,14,22H,5-6,9-12H2,1H3,(H,23,24)/p+1/t14-/m0/s1. The molecule has 0 fully saturated rings. The number of carbonyl (C=O) groups excluding carboxylic acids is 1. The van der Waals surface area contributed by atoms with Gasteiger partial charge in [0.2, 0.25) is 5.91 Å². The molecule has 0 unspecified atom stereocenters. The monoisotopic (exact) mass is 354 g/mol. The van der Waals surface area contributed by atoms with Crippen molar-refractivity contribution in [3.8, 4) is 6.07 Å². The second-order valence-corrected chi connectivity index (χ2v) is 7.65. The molecule has 2 aromatic rings. The van der Waals surface area contributed by atoms with Gasteiger partial charge in [0, 0.05) is 10.4 Å². The van der Waals surface area contributed by atoms with Crippen molar-refractivity contribution in [1.29, 1.82) is 5.26 Å². The lowest BCUT2D eigenvalue weighted by molar-refractivity contribution is -0.691. The molecule has 1 aliphatic carbocycles. The zero-order valence-electron chi connectivity index (χ0n) is 14.5. The molecule has 0 radical (unpaired) electrons. The van der Waals surface area contributed by atoms with Gasteiger partial charge in [0.1, 0.15) is 17.1 Å². The first-order valence-corrected chi connectivity index (χ1v) is 9.73. The smallest absolute Gasteiger partial charge is 0.230 e. The predicted octanol–water partition coefficient (Wildman–Crippen LogP) is 3.15. The zero-order valence-corrected chi connectivity index (χ0v) is 15.4. The molecule has 0 aliphatic heterocycles. The second kappa shape index (κ2) is 8.28. The Kier molecular flexibility index (Phi) is 5.85. The van der Waals surface area contributed by atoms with Gasteiger partial charge in [-0.05, 0) is 38.2 Å². The number of fused-ring (bicyclic) bond motifs is 1. The first kappa shape index (κ1) is 17.7. The molecule has 130 valence electrons. The third-order valence-corrected chi connectivity index (χ3v) is 5.96. The first-order chi connectivity index (χ1) is 12.2. The number of anilines is 1. The van der Waals surface area contributed by atoms with Gasteiger partial charge in [-0.3, -0.25) is 4.79 Å². The van der Waals surface area contributed by atoms with Crippen molar-refractivity contribution >= 4 is 22.2 Å². The largest absolute Gasteiger partial charge is 0.340 e. The van der Waals surface area contributed by atoms with E-state index in [4.69, 9.17) is 0 Å². The number of rotatable bonds is 6. The van der Waals surface area contributed by atoms with Crippen LogP contribution in [-0.4, -0.2) is 12.5 Å². The lowest BCUT2D eigenvalue weighted by Gasteiger charge is -2.11. The van der Waals surface area contributed by atoms with E-state index in [1.165, 1.54) is 22.4 Å². The molecule has 1 amide bonds. The molecule has 1 heterocycles. The van der Waals surface area contributed by atoms with Gasteiger partial charge in [0.15, 0.2) is 0 Å². The first-order valence-electron chi connectivity index (χ1n) is 8.91. The lowest BCUT2D eigenvalue weighted by Crippen LogP contribution is -2.85. The fraction of sp³-hybridized carbons (Fsp3) is 0.400. The van der Waals surface area contributed by atoms with E-state index in [1.807, 2.05) is 18.2 Å². The third-order valence-electron chi connectivity index (χ3n) is 4.75. The second-order valence-electron chi connectivity index (χ2n) is 6.55. The van der Waals surface area contributed by atoms with Gasteiger partial charge in [-0.2, -0.15) is 5.26 Å². The average Bonchev–Trinajstić information content (AvgIpc) is 2.99. The molecule has 1 aromatic carbocycles. The Morgan fingerprint density at radius 1 is 1.32 bits per heavy atom. The van der Waals surface area contributed by atoms with Crippen molar-refractivity contribution in [3.05, 3.63) is 51.9 Å². The number of quaternary nitrogens is 1. The van der Waals surface area contributed by atoms with Crippen molar-refractivity contribution in [3.63, 3.8) is 0 Å². The summed E-state index contributed by atoms with van der Waals surface area (Å²) < 4.78 is 0. The SMILES string of the molecule is C[C@H]([NH2+]CCC(=O)Nc1sc2c(c1C#N)CCCC2)c1ccccc1. The fourth-order valence-corrected chi connectivity index (χ4v) is 4.57. The molecule has 0 saturated carbocycles. The van der Waals surface area contributed by atoms with Crippen LogP contribution in [0.1, 0.15) is 53.8 Å². The highest BCUT2D eigenvalue weighted by molar-refractivity contribution is 7.16. The molecule has 1 aromatic heterocycles. The van der Waals surface area contributed by atoms with Gasteiger partial charge in [-0.1, -0.05) is 30.3 Å². The molecule has 4 nitrogen and oxygen atoms in total. The van der Waals surface area contributed by atoms with Crippen molar-refractivity contribution in [2.24, 2.45) is 0 Å². The van der Waals surface area contributed by atoms with Gasteiger partial charge in [-0.25, -0.2) is 0 Å². The maximum Gasteiger partial charge on any atom is 0.230 e. The third kappa shape index (κ3) is 4.28. The maximum atomic E-state index is 12.3. The van der Waals surface area contributed by atoms with Gasteiger partial charge >= 0.3 is 0 Å². The van der Waals surface area contributed by atoms with Gasteiger partial charge in [0.05, 0.1) is 18.5 Å². The van der Waals surface area contributed by atoms with E-state index in [9.17, 15) is 10.1 Å². The molecule has 1 aliphatic rings. The molecule has 0 spiro atoms. The highest BCUT2D eigenvalue weighted by atomic mass is 32.1. The number of nitriles is 1. The number of nitrogens with two attached hydrogens (primary N) is 1. The minimum atomic E-state index is -0.00777. The van der Waals surface area contributed by atoms with Gasteiger partial charge in [0.25, 0.3) is 0 Å². The van der Waals surface area contributed by atoms with Crippen LogP contribution in [0.4, 0.5) is 5.00 Å². The fourth-order valence-electron chi connectivity index (χ4n) is 3.32. The molecular weight excluding hydrogens is 330 g/mol. The number of thiophene rings is 1. The van der Waals surface area contributed by atoms with Crippen LogP contribution < -0.4 is 10.6 Å². The van der Waals surface area contributed by atoms with Crippen LogP contribution in [0.5, 0.6) is 0 Å². The predicted molar refractivity (Wildman–Crippen MR) is 101 cm³/mol. The van der Waals surface area contributed by atoms with E-state index in [1.54, 1.807) is 11.3 Å². The van der Waals surface area contributed by atoms with E-state index in [-0.39, 0.29) is 5.91 Å². The number of hydrogen-bond donors (Lipinski definition) is 2. The Balaban J connectivity index is 1.53. The van der Waals surface area contributed by atoms with E-state index >= 15 is 0 Å². The van der Waals surface area contributed by atoms with E-state index in [0.717, 1.165) is 30.8 Å². The Morgan fingerprint density at radius 2 is 2.08 bits per heavy atom. The minimum Gasteiger partial charge on any atom is -0.340 e. The molecule has 25 heavy (non-hydrogen) atoms. The zero-order chi connectivity index (χ0) is 17.6. The molecule has 3 N–H and O–H groups in total. The van der Waals surface area contributed by atoms with E-state index in [0.29, 0.717) is 18.0 Å². The molecule has 3 rings (SSSR count). The number of amides is 1. The summed E-state index contributed by atoms with van der Waals surface area (Å²) in [7, 11) is 0. The number of carbonyl (C=O) groups is 1. The van der Waals surface area contributed by atoms with Gasteiger partial charge in [-0.15, -0.1) is 11.3 Å². The summed E-state index contributed by atoms with van der Waals surface area (Å²) in [5.74, 6) is -0.00777. The summed E-state index contributed by atoms with van der Waals surface area (Å²) in [6.07, 6.45) is 4.76. The Morgan fingerprint density at radius 3 is 2.84 bits per heavy atom. The summed E-state index contributed by atoms with van der Waals surface area (Å²) in [5.41, 5.74) is 3.12. The van der Waals surface area contributed by atoms with Crippen LogP contribution in [0.2, 0.25) is 0 Å². The quantitative estimate of drug-likeness (QED) is 0.837. The summed E-state index contributed by atoms with van der Waals surface area (Å²) in [6, 6.07) is 12.9. The van der Waals surface area contributed by atoms with Gasteiger partial charge < -0.3 is 10.6 Å². The minimum absolute atomic E-state index is 0.00777. The number of nitrogens with one attached hydrogen (secondary N) is 1. The molecule has 5 heteroatoms. The number of benzene rings is 1. The van der Waals surface area contributed by atoms with Crippen molar-refractivity contribution in [1.82, 2.24) is 0 Å². The molecule has 1 atom stereocenters. The summed E-state index contributed by atoms with van der Waals surface area (Å²) >= 11 is 1.59. The van der Waals surface area contributed by atoms with Crippen molar-refractivity contribution < 1.29 is 10.1 Å². The van der Waals surface area contributed by atoms with Crippen molar-refractivity contribution in [2.75, 3.05) is 11.9 Å². The normalized spacial score (nSPS) is 14.4. The highest BCUT2D eigenvalue weighted by Gasteiger charge is 2.21. The van der Waals surface area contributed by atoms with Crippen LogP contribution in [0.25, 0.3) is 0 Å². The van der Waals surface area contributed by atoms with E-state index < -0.39 is 0 Å². The van der Waals surface area contributed by atoms with Crippen LogP contribution >= 0.6 is 11.3 Å². The average molecular weight is 354 g/mol. The Bertz CT molecular complexity index is 776. The highest BCUT2D eigenvalue weighted by Crippen LogP contribution is 2.37. The molecule has 0 bridgehead atoms. The summed E-state index contributed by atoms with van der Waals surface area (Å²) in [4.78, 5) is 13.6. The summed E-state index contributed by atoms with van der Waals surface area (Å²) in [6.45, 7) is 2.88. The van der Waals surface area contributed by atoms with Crippen LogP contribution in [0.15, 0.2) is 30.3 Å². The van der Waals surface area contributed by atoms with Crippen LogP contribution in [0.3, 0.4) is 0 Å². The Hall–Kier alpha value is -2.16. The maximum absolute atomic E-state index is 12.3. The van der Waals surface area contributed by atoms with Crippen LogP contribution in [0, 0.1) is 11.3 Å². The summed E-state index contributed by atoms with van der Waals surface area (Å²) in [5, 5.41) is 15.3. The molecule has 0 saturated heterocycles. The lowest BCUT2D eigenvalue weighted by atomic mass is 9.96. The number of aryl methyl sites for hydroxylation is 1. The number of nitrogens with zero attached hydrogens (tertiary/aromatic N) is 1. The topological polar surface area (TPSA) is 69.5 Å². The van der Waals surface area contributed by atoms with E-state index in [2.05, 4.69) is 35.8 Å². The number of hydrogen-bond acceptors (Lipinski definition) is 3. The van der Waals surface area contributed by atoms with Crippen LogP contribution in [-0.2, 0) is 17.6 Å². The Labute approximate surface area is 152 Å².